The van der Waals surface area contributed by atoms with Crippen LogP contribution in [0.15, 0.2) is 52.1 Å². The van der Waals surface area contributed by atoms with Crippen LogP contribution >= 0.6 is 0 Å². The summed E-state index contributed by atoms with van der Waals surface area (Å²) in [5.41, 5.74) is 2.47. The first kappa shape index (κ1) is 22.9. The molecule has 7 heteroatoms. The van der Waals surface area contributed by atoms with Crippen LogP contribution in [-0.4, -0.2) is 54.4 Å². The number of nitrogens with one attached hydrogen (secondary N) is 2. The number of hydrogen-bond donors (Lipinski definition) is 2. The minimum atomic E-state index is 0.221. The van der Waals surface area contributed by atoms with Crippen LogP contribution < -0.4 is 10.6 Å². The first-order valence-corrected chi connectivity index (χ1v) is 11.2. The Morgan fingerprint density at radius 2 is 2.00 bits per heavy atom. The normalized spacial score (nSPS) is 16.7. The highest BCUT2D eigenvalue weighted by Crippen LogP contribution is 2.15. The molecule has 2 aromatic rings. The predicted molar refractivity (Wildman–Crippen MR) is 124 cm³/mol. The summed E-state index contributed by atoms with van der Waals surface area (Å²) in [4.78, 5) is 21.0. The predicted octanol–water partition coefficient (Wildman–Crippen LogP) is 2.98. The molecule has 2 heterocycles. The lowest BCUT2D eigenvalue weighted by Crippen LogP contribution is -2.45. The number of guanidine groups is 1. The second-order valence-corrected chi connectivity index (χ2v) is 8.04. The topological polar surface area (TPSA) is 73.1 Å². The van der Waals surface area contributed by atoms with Gasteiger partial charge in [-0.25, -0.2) is 4.99 Å². The number of furan rings is 1. The molecule has 1 aromatic carbocycles. The Kier molecular flexibility index (Phi) is 8.53. The van der Waals surface area contributed by atoms with Crippen LogP contribution in [0.2, 0.25) is 0 Å². The van der Waals surface area contributed by atoms with Crippen molar-refractivity contribution in [3.8, 4) is 0 Å². The van der Waals surface area contributed by atoms with Crippen LogP contribution in [0.3, 0.4) is 0 Å². The van der Waals surface area contributed by atoms with Gasteiger partial charge in [0, 0.05) is 38.6 Å². The number of carbonyl (C=O) groups excluding carboxylic acids is 1. The van der Waals surface area contributed by atoms with Crippen molar-refractivity contribution in [2.75, 3.05) is 26.7 Å². The molecule has 7 nitrogen and oxygen atoms in total. The van der Waals surface area contributed by atoms with Crippen molar-refractivity contribution in [2.45, 2.75) is 52.4 Å². The third kappa shape index (κ3) is 6.85. The summed E-state index contributed by atoms with van der Waals surface area (Å²) >= 11 is 0. The maximum Gasteiger partial charge on any atom is 0.222 e. The number of nitrogens with zero attached hydrogens (tertiary/aromatic N) is 3. The summed E-state index contributed by atoms with van der Waals surface area (Å²) < 4.78 is 5.47. The van der Waals surface area contributed by atoms with Crippen LogP contribution in [0.1, 0.15) is 43.6 Å². The van der Waals surface area contributed by atoms with Gasteiger partial charge in [0.1, 0.15) is 5.76 Å². The first-order chi connectivity index (χ1) is 15.1. The molecule has 0 bridgehead atoms. The summed E-state index contributed by atoms with van der Waals surface area (Å²) in [5, 5.41) is 6.85. The average Bonchev–Trinajstić information content (AvgIpc) is 3.44. The molecular weight excluding hydrogens is 390 g/mol. The summed E-state index contributed by atoms with van der Waals surface area (Å²) in [7, 11) is 2.09. The summed E-state index contributed by atoms with van der Waals surface area (Å²) in [5.74, 6) is 1.99. The molecule has 0 aliphatic carbocycles. The molecule has 3 rings (SSSR count). The second kappa shape index (κ2) is 11.6. The van der Waals surface area contributed by atoms with Crippen LogP contribution in [0, 0.1) is 0 Å². The van der Waals surface area contributed by atoms with Crippen molar-refractivity contribution in [3.63, 3.8) is 0 Å². The molecule has 1 atom stereocenters. The molecular formula is C24H35N5O2. The number of carbonyl (C=O) groups is 1. The van der Waals surface area contributed by atoms with E-state index >= 15 is 0 Å². The van der Waals surface area contributed by atoms with Gasteiger partial charge in [-0.1, -0.05) is 31.2 Å². The van der Waals surface area contributed by atoms with Crippen molar-refractivity contribution >= 4 is 11.9 Å². The molecule has 1 amide bonds. The van der Waals surface area contributed by atoms with Gasteiger partial charge >= 0.3 is 0 Å². The molecule has 1 unspecified atom stereocenters. The molecule has 0 spiro atoms. The fourth-order valence-corrected chi connectivity index (χ4v) is 3.89. The van der Waals surface area contributed by atoms with Gasteiger partial charge in [0.25, 0.3) is 0 Å². The van der Waals surface area contributed by atoms with E-state index in [0.717, 1.165) is 50.9 Å². The number of rotatable bonds is 9. The molecule has 0 saturated carbocycles. The molecule has 1 aromatic heterocycles. The van der Waals surface area contributed by atoms with E-state index in [2.05, 4.69) is 53.8 Å². The summed E-state index contributed by atoms with van der Waals surface area (Å²) in [6, 6.07) is 12.6. The lowest BCUT2D eigenvalue weighted by Gasteiger charge is -2.19. The molecule has 1 fully saturated rings. The summed E-state index contributed by atoms with van der Waals surface area (Å²) in [6.45, 7) is 8.53. The van der Waals surface area contributed by atoms with Gasteiger partial charge in [-0.2, -0.15) is 0 Å². The van der Waals surface area contributed by atoms with E-state index in [4.69, 9.17) is 9.41 Å². The monoisotopic (exact) mass is 425 g/mol. The first-order valence-electron chi connectivity index (χ1n) is 11.2. The molecule has 0 radical (unpaired) electrons. The van der Waals surface area contributed by atoms with Crippen molar-refractivity contribution in [2.24, 2.45) is 4.99 Å². The van der Waals surface area contributed by atoms with Crippen LogP contribution in [0.4, 0.5) is 0 Å². The van der Waals surface area contributed by atoms with E-state index in [9.17, 15) is 4.79 Å². The number of likely N-dealkylation sites (tertiary alicyclic amines) is 1. The van der Waals surface area contributed by atoms with Gasteiger partial charge in [0.15, 0.2) is 5.96 Å². The minimum Gasteiger partial charge on any atom is -0.468 e. The molecule has 1 aliphatic heterocycles. The Bertz CT molecular complexity index is 849. The van der Waals surface area contributed by atoms with E-state index in [-0.39, 0.29) is 11.9 Å². The van der Waals surface area contributed by atoms with Crippen molar-refractivity contribution in [3.05, 3.63) is 59.5 Å². The van der Waals surface area contributed by atoms with E-state index < -0.39 is 0 Å². The zero-order chi connectivity index (χ0) is 22.1. The Balaban J connectivity index is 1.61. The number of aliphatic imine (C=N–C) groups is 1. The van der Waals surface area contributed by atoms with Crippen LogP contribution in [-0.2, 0) is 24.4 Å². The van der Waals surface area contributed by atoms with Gasteiger partial charge in [0.05, 0.1) is 19.4 Å². The quantitative estimate of drug-likeness (QED) is 0.477. The van der Waals surface area contributed by atoms with E-state index in [1.165, 1.54) is 11.1 Å². The van der Waals surface area contributed by atoms with Gasteiger partial charge in [-0.15, -0.1) is 0 Å². The number of hydrogen-bond acceptors (Lipinski definition) is 4. The van der Waals surface area contributed by atoms with Crippen LogP contribution in [0.25, 0.3) is 0 Å². The lowest BCUT2D eigenvalue weighted by molar-refractivity contribution is -0.129. The molecule has 31 heavy (non-hydrogen) atoms. The highest BCUT2D eigenvalue weighted by atomic mass is 16.3. The Labute approximate surface area is 185 Å². The zero-order valence-corrected chi connectivity index (χ0v) is 18.9. The highest BCUT2D eigenvalue weighted by Gasteiger charge is 2.25. The Morgan fingerprint density at radius 1 is 1.19 bits per heavy atom. The van der Waals surface area contributed by atoms with Crippen LogP contribution in [0.5, 0.6) is 0 Å². The SMILES string of the molecule is CCNC(=NCc1ccccc1CN(C)Cc1ccco1)NC1CCN(C(=O)CC)C1. The number of amides is 1. The minimum absolute atomic E-state index is 0.221. The smallest absolute Gasteiger partial charge is 0.222 e. The standard InChI is InChI=1S/C24H35N5O2/c1-4-23(30)29-13-12-21(17-29)27-24(25-5-2)26-15-19-9-6-7-10-20(19)16-28(3)18-22-11-8-14-31-22/h6-11,14,21H,4-5,12-13,15-18H2,1-3H3,(H2,25,26,27). The summed E-state index contributed by atoms with van der Waals surface area (Å²) in [6.07, 6.45) is 3.22. The third-order valence-electron chi connectivity index (χ3n) is 5.50. The van der Waals surface area contributed by atoms with Gasteiger partial charge in [-0.05, 0) is 43.7 Å². The highest BCUT2D eigenvalue weighted by molar-refractivity contribution is 5.80. The third-order valence-corrected chi connectivity index (χ3v) is 5.50. The lowest BCUT2D eigenvalue weighted by atomic mass is 10.1. The van der Waals surface area contributed by atoms with E-state index in [1.807, 2.05) is 24.0 Å². The van der Waals surface area contributed by atoms with Crippen molar-refractivity contribution in [1.29, 1.82) is 0 Å². The molecule has 1 saturated heterocycles. The Hall–Kier alpha value is -2.80. The zero-order valence-electron chi connectivity index (χ0n) is 18.9. The van der Waals surface area contributed by atoms with Crippen molar-refractivity contribution < 1.29 is 9.21 Å². The largest absolute Gasteiger partial charge is 0.468 e. The van der Waals surface area contributed by atoms with E-state index in [0.29, 0.717) is 13.0 Å². The van der Waals surface area contributed by atoms with Gasteiger partial charge in [-0.3, -0.25) is 9.69 Å². The average molecular weight is 426 g/mol. The van der Waals surface area contributed by atoms with Gasteiger partial charge < -0.3 is 20.0 Å². The maximum atomic E-state index is 11.9. The van der Waals surface area contributed by atoms with Gasteiger partial charge in [0.2, 0.25) is 5.91 Å². The fourth-order valence-electron chi connectivity index (χ4n) is 3.89. The maximum absolute atomic E-state index is 11.9. The van der Waals surface area contributed by atoms with E-state index in [1.54, 1.807) is 6.26 Å². The second-order valence-electron chi connectivity index (χ2n) is 8.04. The number of benzene rings is 1. The molecule has 2 N–H and O–H groups in total. The van der Waals surface area contributed by atoms with Crippen molar-refractivity contribution in [1.82, 2.24) is 20.4 Å². The molecule has 168 valence electrons. The fraction of sp³-hybridized carbons (Fsp3) is 0.500. The molecule has 1 aliphatic rings. The Morgan fingerprint density at radius 3 is 2.71 bits per heavy atom.